The van der Waals surface area contributed by atoms with Gasteiger partial charge in [-0.15, -0.1) is 0 Å². The van der Waals surface area contributed by atoms with Gasteiger partial charge in [0.05, 0.1) is 19.8 Å². The highest BCUT2D eigenvalue weighted by Gasteiger charge is 2.19. The van der Waals surface area contributed by atoms with E-state index in [0.717, 1.165) is 52.0 Å². The molecule has 0 bridgehead atoms. The molecule has 4 heteroatoms. The van der Waals surface area contributed by atoms with E-state index in [1.165, 1.54) is 0 Å². The zero-order chi connectivity index (χ0) is 12.5. The first-order valence-electron chi connectivity index (χ1n) is 6.89. The summed E-state index contributed by atoms with van der Waals surface area (Å²) in [5, 5.41) is 9.11. The third-order valence-electron chi connectivity index (χ3n) is 3.39. The van der Waals surface area contributed by atoms with Crippen LogP contribution >= 0.6 is 0 Å². The standard InChI is InChI=1S/C13H27NO3/c1-3-12(4-2)14(8-9-15)7-6-13-16-10-5-11-17-13/h12-13,15H,3-11H2,1-2H3. The van der Waals surface area contributed by atoms with Crippen LogP contribution in [0.1, 0.15) is 39.5 Å². The van der Waals surface area contributed by atoms with E-state index in [0.29, 0.717) is 6.04 Å². The van der Waals surface area contributed by atoms with E-state index in [-0.39, 0.29) is 12.9 Å². The number of hydrogen-bond acceptors (Lipinski definition) is 4. The number of ether oxygens (including phenoxy) is 2. The first-order valence-corrected chi connectivity index (χ1v) is 6.89. The van der Waals surface area contributed by atoms with Crippen molar-refractivity contribution in [2.45, 2.75) is 51.9 Å². The molecule has 1 fully saturated rings. The minimum atomic E-state index is -0.0423. The second-order valence-electron chi connectivity index (χ2n) is 4.54. The van der Waals surface area contributed by atoms with Crippen LogP contribution in [0.25, 0.3) is 0 Å². The lowest BCUT2D eigenvalue weighted by Gasteiger charge is -2.32. The van der Waals surface area contributed by atoms with Gasteiger partial charge in [-0.3, -0.25) is 4.90 Å². The van der Waals surface area contributed by atoms with Crippen LogP contribution in [0.3, 0.4) is 0 Å². The maximum absolute atomic E-state index is 9.11. The molecule has 4 nitrogen and oxygen atoms in total. The van der Waals surface area contributed by atoms with Crippen molar-refractivity contribution in [3.05, 3.63) is 0 Å². The van der Waals surface area contributed by atoms with Crippen molar-refractivity contribution in [3.8, 4) is 0 Å². The normalized spacial score (nSPS) is 18.2. The van der Waals surface area contributed by atoms with Crippen molar-refractivity contribution in [3.63, 3.8) is 0 Å². The highest BCUT2D eigenvalue weighted by atomic mass is 16.7. The molecule has 102 valence electrons. The monoisotopic (exact) mass is 245 g/mol. The predicted octanol–water partition coefficient (Wildman–Crippen LogP) is 1.62. The fourth-order valence-electron chi connectivity index (χ4n) is 2.38. The van der Waals surface area contributed by atoms with Gasteiger partial charge >= 0.3 is 0 Å². The van der Waals surface area contributed by atoms with Gasteiger partial charge in [0, 0.05) is 25.6 Å². The molecule has 1 saturated heterocycles. The van der Waals surface area contributed by atoms with Gasteiger partial charge in [0.1, 0.15) is 0 Å². The molecule has 1 aliphatic rings. The van der Waals surface area contributed by atoms with Crippen LogP contribution in [0.15, 0.2) is 0 Å². The Morgan fingerprint density at radius 2 is 1.82 bits per heavy atom. The summed E-state index contributed by atoms with van der Waals surface area (Å²) in [4.78, 5) is 2.35. The molecule has 0 spiro atoms. The lowest BCUT2D eigenvalue weighted by molar-refractivity contribution is -0.183. The van der Waals surface area contributed by atoms with E-state index < -0.39 is 0 Å². The second kappa shape index (κ2) is 8.86. The molecule has 0 amide bonds. The van der Waals surface area contributed by atoms with Gasteiger partial charge in [-0.1, -0.05) is 13.8 Å². The minimum Gasteiger partial charge on any atom is -0.395 e. The molecular weight excluding hydrogens is 218 g/mol. The lowest BCUT2D eigenvalue weighted by atomic mass is 10.1. The summed E-state index contributed by atoms with van der Waals surface area (Å²) in [5.74, 6) is 0. The smallest absolute Gasteiger partial charge is 0.158 e. The summed E-state index contributed by atoms with van der Waals surface area (Å²) in [6, 6.07) is 0.561. The first-order chi connectivity index (χ1) is 8.31. The third-order valence-corrected chi connectivity index (χ3v) is 3.39. The van der Waals surface area contributed by atoms with Crippen molar-refractivity contribution < 1.29 is 14.6 Å². The maximum atomic E-state index is 9.11. The summed E-state index contributed by atoms with van der Waals surface area (Å²) in [6.07, 6.45) is 4.12. The SMILES string of the molecule is CCC(CC)N(CCO)CCC1OCCCO1. The Kier molecular flexibility index (Phi) is 7.77. The molecule has 0 radical (unpaired) electrons. The van der Waals surface area contributed by atoms with E-state index in [1.54, 1.807) is 0 Å². The maximum Gasteiger partial charge on any atom is 0.158 e. The molecule has 0 aromatic heterocycles. The van der Waals surface area contributed by atoms with Gasteiger partial charge in [-0.05, 0) is 19.3 Å². The van der Waals surface area contributed by atoms with Gasteiger partial charge in [0.2, 0.25) is 0 Å². The molecule has 17 heavy (non-hydrogen) atoms. The van der Waals surface area contributed by atoms with Gasteiger partial charge < -0.3 is 14.6 Å². The molecule has 0 unspecified atom stereocenters. The molecule has 0 aromatic rings. The Hall–Kier alpha value is -0.160. The summed E-state index contributed by atoms with van der Waals surface area (Å²) >= 11 is 0. The van der Waals surface area contributed by atoms with Crippen LogP contribution in [-0.4, -0.2) is 55.2 Å². The first kappa shape index (κ1) is 14.9. The molecule has 1 rings (SSSR count). The molecule has 0 aliphatic carbocycles. The van der Waals surface area contributed by atoms with Gasteiger partial charge in [0.25, 0.3) is 0 Å². The van der Waals surface area contributed by atoms with E-state index in [9.17, 15) is 0 Å². The molecule has 0 atom stereocenters. The number of hydrogen-bond donors (Lipinski definition) is 1. The van der Waals surface area contributed by atoms with Gasteiger partial charge in [0.15, 0.2) is 6.29 Å². The summed E-state index contributed by atoms with van der Waals surface area (Å²) < 4.78 is 11.1. The largest absolute Gasteiger partial charge is 0.395 e. The Morgan fingerprint density at radius 1 is 1.18 bits per heavy atom. The number of rotatable bonds is 8. The Bertz CT molecular complexity index is 180. The van der Waals surface area contributed by atoms with Gasteiger partial charge in [-0.2, -0.15) is 0 Å². The summed E-state index contributed by atoms with van der Waals surface area (Å²) in [7, 11) is 0. The fourth-order valence-corrected chi connectivity index (χ4v) is 2.38. The Morgan fingerprint density at radius 3 is 2.35 bits per heavy atom. The molecule has 1 N–H and O–H groups in total. The highest BCUT2D eigenvalue weighted by molar-refractivity contribution is 4.70. The highest BCUT2D eigenvalue weighted by Crippen LogP contribution is 2.13. The van der Waals surface area contributed by atoms with Crippen molar-refractivity contribution in [2.24, 2.45) is 0 Å². The van der Waals surface area contributed by atoms with E-state index >= 15 is 0 Å². The molecular formula is C13H27NO3. The average Bonchev–Trinajstić information content (AvgIpc) is 2.38. The fraction of sp³-hybridized carbons (Fsp3) is 1.00. The van der Waals surface area contributed by atoms with E-state index in [1.807, 2.05) is 0 Å². The number of nitrogens with zero attached hydrogens (tertiary/aromatic N) is 1. The van der Waals surface area contributed by atoms with Crippen molar-refractivity contribution in [1.29, 1.82) is 0 Å². The molecule has 0 aromatic carbocycles. The predicted molar refractivity (Wildman–Crippen MR) is 68.0 cm³/mol. The van der Waals surface area contributed by atoms with E-state index in [2.05, 4.69) is 18.7 Å². The quantitative estimate of drug-likeness (QED) is 0.705. The van der Waals surface area contributed by atoms with E-state index in [4.69, 9.17) is 14.6 Å². The number of aliphatic hydroxyl groups excluding tert-OH is 1. The third kappa shape index (κ3) is 5.34. The van der Waals surface area contributed by atoms with Crippen LogP contribution in [0.4, 0.5) is 0 Å². The zero-order valence-corrected chi connectivity index (χ0v) is 11.2. The average molecular weight is 245 g/mol. The van der Waals surface area contributed by atoms with Crippen LogP contribution in [-0.2, 0) is 9.47 Å². The van der Waals surface area contributed by atoms with Crippen LogP contribution in [0, 0.1) is 0 Å². The van der Waals surface area contributed by atoms with Crippen LogP contribution < -0.4 is 0 Å². The van der Waals surface area contributed by atoms with Crippen LogP contribution in [0.2, 0.25) is 0 Å². The van der Waals surface area contributed by atoms with Crippen LogP contribution in [0.5, 0.6) is 0 Å². The molecule has 1 aliphatic heterocycles. The molecule has 1 heterocycles. The lowest BCUT2D eigenvalue weighted by Crippen LogP contribution is -2.39. The van der Waals surface area contributed by atoms with Crippen molar-refractivity contribution >= 4 is 0 Å². The topological polar surface area (TPSA) is 41.9 Å². The number of aliphatic hydroxyl groups is 1. The Labute approximate surface area is 105 Å². The Balaban J connectivity index is 2.31. The minimum absolute atomic E-state index is 0.0423. The molecule has 0 saturated carbocycles. The summed E-state index contributed by atoms with van der Waals surface area (Å²) in [6.45, 7) is 7.95. The van der Waals surface area contributed by atoms with Gasteiger partial charge in [-0.25, -0.2) is 0 Å². The second-order valence-corrected chi connectivity index (χ2v) is 4.54. The van der Waals surface area contributed by atoms with Crippen molar-refractivity contribution in [1.82, 2.24) is 4.90 Å². The summed E-state index contributed by atoms with van der Waals surface area (Å²) in [5.41, 5.74) is 0. The zero-order valence-electron chi connectivity index (χ0n) is 11.2. The van der Waals surface area contributed by atoms with Crippen molar-refractivity contribution in [2.75, 3.05) is 32.9 Å².